The zero-order valence-corrected chi connectivity index (χ0v) is 19.6. The zero-order valence-electron chi connectivity index (χ0n) is 19.6. The Balaban J connectivity index is 4.65. The summed E-state index contributed by atoms with van der Waals surface area (Å²) in [5, 5.41) is 12.7. The highest BCUT2D eigenvalue weighted by Crippen LogP contribution is 2.19. The number of nitrogens with one attached hydrogen (secondary N) is 1. The second-order valence-corrected chi connectivity index (χ2v) is 8.27. The molecule has 172 valence electrons. The first kappa shape index (κ1) is 28.1. The van der Waals surface area contributed by atoms with Crippen LogP contribution in [0.15, 0.2) is 11.6 Å². The van der Waals surface area contributed by atoms with Gasteiger partial charge in [0.25, 0.3) is 0 Å². The first-order valence-electron chi connectivity index (χ1n) is 12.4. The smallest absolute Gasteiger partial charge is 0.330 e. The summed E-state index contributed by atoms with van der Waals surface area (Å²) >= 11 is 0. The Hall–Kier alpha value is -0.870. The predicted molar refractivity (Wildman–Crippen MR) is 124 cm³/mol. The van der Waals surface area contributed by atoms with E-state index >= 15 is 0 Å². The maximum absolute atomic E-state index is 12.2. The van der Waals surface area contributed by atoms with Crippen LogP contribution < -0.4 is 5.32 Å². The molecule has 29 heavy (non-hydrogen) atoms. The molecule has 0 aromatic rings. The van der Waals surface area contributed by atoms with Crippen molar-refractivity contribution >= 4 is 5.97 Å². The largest absolute Gasteiger partial charge is 0.463 e. The van der Waals surface area contributed by atoms with Crippen LogP contribution in [0.2, 0.25) is 0 Å². The minimum atomic E-state index is -0.180. The van der Waals surface area contributed by atoms with E-state index in [4.69, 9.17) is 9.84 Å². The van der Waals surface area contributed by atoms with Crippen molar-refractivity contribution in [3.05, 3.63) is 11.6 Å². The van der Waals surface area contributed by atoms with E-state index in [1.807, 2.05) is 0 Å². The fraction of sp³-hybridized carbons (Fsp3) is 0.880. The average molecular weight is 412 g/mol. The minimum Gasteiger partial charge on any atom is -0.463 e. The number of rotatable bonds is 21. The number of carbonyl (C=O) groups excluding carboxylic acids is 1. The van der Waals surface area contributed by atoms with E-state index in [-0.39, 0.29) is 12.6 Å². The van der Waals surface area contributed by atoms with Gasteiger partial charge in [-0.25, -0.2) is 4.79 Å². The molecule has 0 spiro atoms. The minimum absolute atomic E-state index is 0.180. The zero-order chi connectivity index (χ0) is 21.6. The molecule has 0 aliphatic carbocycles. The van der Waals surface area contributed by atoms with Gasteiger partial charge in [-0.1, -0.05) is 84.1 Å². The molecular formula is C25H49NO3. The Morgan fingerprint density at radius 3 is 2.24 bits per heavy atom. The molecule has 0 amide bonds. The second-order valence-electron chi connectivity index (χ2n) is 8.27. The van der Waals surface area contributed by atoms with E-state index in [0.29, 0.717) is 12.6 Å². The molecule has 0 fully saturated rings. The fourth-order valence-corrected chi connectivity index (χ4v) is 3.52. The molecule has 0 aliphatic rings. The fourth-order valence-electron chi connectivity index (χ4n) is 3.52. The Morgan fingerprint density at radius 2 is 1.55 bits per heavy atom. The molecule has 0 radical (unpaired) electrons. The average Bonchev–Trinajstić information content (AvgIpc) is 2.71. The Bertz CT molecular complexity index is 396. The lowest BCUT2D eigenvalue weighted by molar-refractivity contribution is -0.137. The Labute approximate surface area is 180 Å². The molecule has 2 N–H and O–H groups in total. The van der Waals surface area contributed by atoms with Crippen LogP contribution in [0.25, 0.3) is 0 Å². The van der Waals surface area contributed by atoms with Gasteiger partial charge in [-0.3, -0.25) is 0 Å². The van der Waals surface area contributed by atoms with Crippen LogP contribution >= 0.6 is 0 Å². The number of esters is 1. The topological polar surface area (TPSA) is 58.6 Å². The maximum atomic E-state index is 12.2. The standard InChI is InChI=1S/C25H49NO3/c1-4-7-10-11-12-13-17-24(26-18-15-19-27)21-23(16-9-6-3)22-25(28)29-20-14-8-5-2/h22,24,26-27H,4-21H2,1-3H3. The summed E-state index contributed by atoms with van der Waals surface area (Å²) < 4.78 is 5.40. The van der Waals surface area contributed by atoms with Crippen molar-refractivity contribution in [2.75, 3.05) is 19.8 Å². The quantitative estimate of drug-likeness (QED) is 0.132. The van der Waals surface area contributed by atoms with Gasteiger partial charge in [0.05, 0.1) is 6.61 Å². The Morgan fingerprint density at radius 1 is 0.897 bits per heavy atom. The summed E-state index contributed by atoms with van der Waals surface area (Å²) in [6, 6.07) is 0.378. The van der Waals surface area contributed by atoms with E-state index in [0.717, 1.165) is 64.3 Å². The highest BCUT2D eigenvalue weighted by molar-refractivity contribution is 5.82. The number of hydrogen-bond donors (Lipinski definition) is 2. The normalized spacial score (nSPS) is 12.9. The summed E-state index contributed by atoms with van der Waals surface area (Å²) in [6.07, 6.45) is 18.7. The lowest BCUT2D eigenvalue weighted by atomic mass is 9.96. The van der Waals surface area contributed by atoms with Crippen molar-refractivity contribution in [2.45, 2.75) is 123 Å². The molecule has 0 bridgehead atoms. The van der Waals surface area contributed by atoms with Crippen LogP contribution in [0.5, 0.6) is 0 Å². The molecule has 0 saturated heterocycles. The summed E-state index contributed by atoms with van der Waals surface area (Å²) in [4.78, 5) is 12.2. The van der Waals surface area contributed by atoms with Crippen molar-refractivity contribution in [2.24, 2.45) is 0 Å². The van der Waals surface area contributed by atoms with Crippen LogP contribution in [-0.2, 0) is 9.53 Å². The van der Waals surface area contributed by atoms with Crippen LogP contribution in [-0.4, -0.2) is 36.9 Å². The molecule has 0 aromatic heterocycles. The van der Waals surface area contributed by atoms with Crippen LogP contribution in [0, 0.1) is 0 Å². The van der Waals surface area contributed by atoms with Gasteiger partial charge < -0.3 is 15.2 Å². The van der Waals surface area contributed by atoms with Gasteiger partial charge in [0, 0.05) is 18.7 Å². The number of aliphatic hydroxyl groups is 1. The molecule has 4 nitrogen and oxygen atoms in total. The molecule has 4 heteroatoms. The third kappa shape index (κ3) is 18.9. The van der Waals surface area contributed by atoms with Gasteiger partial charge in [0.2, 0.25) is 0 Å². The maximum Gasteiger partial charge on any atom is 0.330 e. The lowest BCUT2D eigenvalue weighted by Gasteiger charge is -2.20. The molecule has 1 atom stereocenters. The van der Waals surface area contributed by atoms with Gasteiger partial charge >= 0.3 is 5.97 Å². The number of aliphatic hydroxyl groups excluding tert-OH is 1. The molecule has 0 aromatic carbocycles. The van der Waals surface area contributed by atoms with E-state index in [1.165, 1.54) is 44.1 Å². The molecule has 0 heterocycles. The molecule has 0 saturated carbocycles. The van der Waals surface area contributed by atoms with Gasteiger partial charge in [-0.05, 0) is 45.1 Å². The molecule has 0 rings (SSSR count). The molecule has 1 unspecified atom stereocenters. The van der Waals surface area contributed by atoms with Crippen LogP contribution in [0.3, 0.4) is 0 Å². The monoisotopic (exact) mass is 411 g/mol. The second kappa shape index (κ2) is 21.8. The summed E-state index contributed by atoms with van der Waals surface area (Å²) in [5.41, 5.74) is 1.21. The lowest BCUT2D eigenvalue weighted by Crippen LogP contribution is -2.31. The van der Waals surface area contributed by atoms with Gasteiger partial charge in [-0.15, -0.1) is 0 Å². The van der Waals surface area contributed by atoms with Crippen molar-refractivity contribution < 1.29 is 14.6 Å². The van der Waals surface area contributed by atoms with E-state index in [2.05, 4.69) is 26.1 Å². The van der Waals surface area contributed by atoms with E-state index in [9.17, 15) is 4.79 Å². The third-order valence-electron chi connectivity index (χ3n) is 5.35. The SMILES string of the molecule is CCCCCCCCC(CC(=CC(=O)OCCCCC)CCCC)NCCCO. The predicted octanol–water partition coefficient (Wildman–Crippen LogP) is 6.32. The van der Waals surface area contributed by atoms with Crippen LogP contribution in [0.4, 0.5) is 0 Å². The number of hydrogen-bond acceptors (Lipinski definition) is 4. The van der Waals surface area contributed by atoms with Gasteiger partial charge in [0.15, 0.2) is 0 Å². The van der Waals surface area contributed by atoms with Crippen molar-refractivity contribution in [1.82, 2.24) is 5.32 Å². The highest BCUT2D eigenvalue weighted by Gasteiger charge is 2.12. The summed E-state index contributed by atoms with van der Waals surface area (Å²) in [6.45, 7) is 8.17. The summed E-state index contributed by atoms with van der Waals surface area (Å²) in [7, 11) is 0. The van der Waals surface area contributed by atoms with E-state index in [1.54, 1.807) is 6.08 Å². The van der Waals surface area contributed by atoms with Crippen LogP contribution in [0.1, 0.15) is 117 Å². The Kier molecular flexibility index (Phi) is 21.2. The first-order valence-corrected chi connectivity index (χ1v) is 12.4. The number of unbranched alkanes of at least 4 members (excludes halogenated alkanes) is 8. The number of carbonyl (C=O) groups is 1. The summed E-state index contributed by atoms with van der Waals surface area (Å²) in [5.74, 6) is -0.180. The van der Waals surface area contributed by atoms with Gasteiger partial charge in [-0.2, -0.15) is 0 Å². The number of ether oxygens (including phenoxy) is 1. The first-order chi connectivity index (χ1) is 14.2. The highest BCUT2D eigenvalue weighted by atomic mass is 16.5. The van der Waals surface area contributed by atoms with Gasteiger partial charge in [0.1, 0.15) is 0 Å². The van der Waals surface area contributed by atoms with Crippen molar-refractivity contribution in [1.29, 1.82) is 0 Å². The van der Waals surface area contributed by atoms with Crippen molar-refractivity contribution in [3.63, 3.8) is 0 Å². The molecule has 0 aliphatic heterocycles. The third-order valence-corrected chi connectivity index (χ3v) is 5.35. The van der Waals surface area contributed by atoms with Crippen molar-refractivity contribution in [3.8, 4) is 0 Å². The molecular weight excluding hydrogens is 362 g/mol. The van der Waals surface area contributed by atoms with E-state index < -0.39 is 0 Å².